The third kappa shape index (κ3) is 2.86. The Balaban J connectivity index is 1.90. The van der Waals surface area contributed by atoms with Crippen molar-refractivity contribution < 1.29 is 9.00 Å². The molecule has 1 unspecified atom stereocenters. The van der Waals surface area contributed by atoms with E-state index in [1.165, 1.54) is 0 Å². The van der Waals surface area contributed by atoms with Crippen LogP contribution in [0.2, 0.25) is 0 Å². The Morgan fingerprint density at radius 3 is 2.81 bits per heavy atom. The van der Waals surface area contributed by atoms with E-state index in [2.05, 4.69) is 31.5 Å². The third-order valence-corrected chi connectivity index (χ3v) is 5.79. The van der Waals surface area contributed by atoms with Crippen LogP contribution in [0.25, 0.3) is 0 Å². The van der Waals surface area contributed by atoms with Gasteiger partial charge in [-0.15, -0.1) is 0 Å². The zero-order valence-corrected chi connectivity index (χ0v) is 14.2. The quantitative estimate of drug-likeness (QED) is 0.847. The van der Waals surface area contributed by atoms with Crippen molar-refractivity contribution in [3.05, 3.63) is 22.2 Å². The second-order valence-electron chi connectivity index (χ2n) is 5.21. The summed E-state index contributed by atoms with van der Waals surface area (Å²) in [7, 11) is -0.691. The van der Waals surface area contributed by atoms with Gasteiger partial charge in [-0.1, -0.05) is 6.92 Å². The summed E-state index contributed by atoms with van der Waals surface area (Å²) in [4.78, 5) is 14.2. The zero-order valence-electron chi connectivity index (χ0n) is 11.8. The molecule has 2 aliphatic rings. The number of amides is 1. The van der Waals surface area contributed by atoms with Gasteiger partial charge < -0.3 is 15.5 Å². The molecule has 1 aromatic rings. The van der Waals surface area contributed by atoms with Gasteiger partial charge in [-0.3, -0.25) is 9.00 Å². The molecule has 2 aliphatic heterocycles. The van der Waals surface area contributed by atoms with Crippen LogP contribution < -0.4 is 15.5 Å². The summed E-state index contributed by atoms with van der Waals surface area (Å²) in [6, 6.07) is 3.76. The first-order chi connectivity index (χ1) is 10.1. The molecule has 3 rings (SSSR count). The summed E-state index contributed by atoms with van der Waals surface area (Å²) in [5, 5.41) is 6.13. The molecule has 0 spiro atoms. The van der Waals surface area contributed by atoms with Gasteiger partial charge in [0.15, 0.2) is 0 Å². The fraction of sp³-hybridized carbons (Fsp3) is 0.500. The van der Waals surface area contributed by atoms with Crippen LogP contribution in [0.1, 0.15) is 18.5 Å². The summed E-state index contributed by atoms with van der Waals surface area (Å²) < 4.78 is 12.5. The number of fused-ring (bicyclic) bond motifs is 1. The second-order valence-corrected chi connectivity index (χ2v) is 7.76. The van der Waals surface area contributed by atoms with E-state index < -0.39 is 10.8 Å². The normalized spacial score (nSPS) is 22.3. The van der Waals surface area contributed by atoms with E-state index in [9.17, 15) is 9.00 Å². The lowest BCUT2D eigenvalue weighted by Crippen LogP contribution is -2.37. The molecule has 7 heteroatoms. The largest absolute Gasteiger partial charge is 0.369 e. The minimum atomic E-state index is -0.691. The van der Waals surface area contributed by atoms with Crippen molar-refractivity contribution in [1.82, 2.24) is 5.32 Å². The summed E-state index contributed by atoms with van der Waals surface area (Å²) in [5.41, 5.74) is 2.91. The van der Waals surface area contributed by atoms with Crippen LogP contribution in [0.5, 0.6) is 0 Å². The Morgan fingerprint density at radius 1 is 1.43 bits per heavy atom. The van der Waals surface area contributed by atoms with Gasteiger partial charge in [-0.25, -0.2) is 0 Å². The average molecular weight is 372 g/mol. The first-order valence-electron chi connectivity index (χ1n) is 7.07. The number of halogens is 1. The predicted octanol–water partition coefficient (Wildman–Crippen LogP) is 1.62. The number of rotatable bonds is 3. The summed E-state index contributed by atoms with van der Waals surface area (Å²) in [6.07, 6.45) is 0. The highest BCUT2D eigenvalue weighted by atomic mass is 79.9. The minimum Gasteiger partial charge on any atom is -0.369 e. The van der Waals surface area contributed by atoms with Gasteiger partial charge in [-0.2, -0.15) is 0 Å². The average Bonchev–Trinajstić information content (AvgIpc) is 2.76. The number of nitrogens with one attached hydrogen (secondary N) is 2. The molecule has 2 heterocycles. The van der Waals surface area contributed by atoms with Gasteiger partial charge in [0.25, 0.3) is 0 Å². The fourth-order valence-electron chi connectivity index (χ4n) is 2.80. The third-order valence-electron chi connectivity index (χ3n) is 3.88. The van der Waals surface area contributed by atoms with Crippen LogP contribution in [0, 0.1) is 0 Å². The predicted molar refractivity (Wildman–Crippen MR) is 89.3 cm³/mol. The molecule has 1 atom stereocenters. The van der Waals surface area contributed by atoms with E-state index in [1.54, 1.807) is 0 Å². The monoisotopic (exact) mass is 371 g/mol. The highest BCUT2D eigenvalue weighted by Gasteiger charge is 2.31. The minimum absolute atomic E-state index is 0.00403. The summed E-state index contributed by atoms with van der Waals surface area (Å²) in [6.45, 7) is 4.31. The SMILES string of the molecule is CCNC1C(=O)Nc2cc(N3CCS(=O)CC3)c(Br)cc21. The lowest BCUT2D eigenvalue weighted by Gasteiger charge is -2.29. The van der Waals surface area contributed by atoms with E-state index in [4.69, 9.17) is 0 Å². The molecule has 21 heavy (non-hydrogen) atoms. The number of carbonyl (C=O) groups excluding carboxylic acids is 1. The summed E-state index contributed by atoms with van der Waals surface area (Å²) in [5.74, 6) is 1.40. The Bertz CT molecular complexity index is 598. The van der Waals surface area contributed by atoms with Crippen molar-refractivity contribution >= 4 is 44.0 Å². The molecular formula is C14H18BrN3O2S. The number of hydrogen-bond acceptors (Lipinski definition) is 4. The maximum atomic E-state index is 12.0. The summed E-state index contributed by atoms with van der Waals surface area (Å²) >= 11 is 3.61. The van der Waals surface area contributed by atoms with Gasteiger partial charge in [0.2, 0.25) is 5.91 Å². The fourth-order valence-corrected chi connectivity index (χ4v) is 4.46. The zero-order chi connectivity index (χ0) is 15.0. The molecule has 1 aromatic carbocycles. The molecule has 0 aliphatic carbocycles. The van der Waals surface area contributed by atoms with Crippen molar-refractivity contribution in [2.75, 3.05) is 41.4 Å². The lowest BCUT2D eigenvalue weighted by atomic mass is 10.1. The molecule has 1 saturated heterocycles. The van der Waals surface area contributed by atoms with Crippen LogP contribution in [0.15, 0.2) is 16.6 Å². The van der Waals surface area contributed by atoms with Crippen molar-refractivity contribution in [3.63, 3.8) is 0 Å². The van der Waals surface area contributed by atoms with E-state index in [-0.39, 0.29) is 11.9 Å². The maximum absolute atomic E-state index is 12.0. The number of carbonyl (C=O) groups is 1. The molecule has 0 bridgehead atoms. The van der Waals surface area contributed by atoms with Crippen molar-refractivity contribution in [2.45, 2.75) is 13.0 Å². The van der Waals surface area contributed by atoms with Crippen molar-refractivity contribution in [1.29, 1.82) is 0 Å². The molecular weight excluding hydrogens is 354 g/mol. The second kappa shape index (κ2) is 6.06. The van der Waals surface area contributed by atoms with Crippen LogP contribution in [0.3, 0.4) is 0 Å². The van der Waals surface area contributed by atoms with Crippen molar-refractivity contribution in [2.24, 2.45) is 0 Å². The van der Waals surface area contributed by atoms with Crippen LogP contribution >= 0.6 is 15.9 Å². The number of benzene rings is 1. The molecule has 2 N–H and O–H groups in total. The Morgan fingerprint density at radius 2 is 2.14 bits per heavy atom. The van der Waals surface area contributed by atoms with Gasteiger partial charge >= 0.3 is 0 Å². The number of anilines is 2. The highest BCUT2D eigenvalue weighted by Crippen LogP contribution is 2.39. The van der Waals surface area contributed by atoms with Gasteiger partial charge in [0.05, 0.1) is 5.69 Å². The van der Waals surface area contributed by atoms with Gasteiger partial charge in [0.1, 0.15) is 6.04 Å². The van der Waals surface area contributed by atoms with E-state index in [1.807, 2.05) is 19.1 Å². The Hall–Kier alpha value is -0.920. The van der Waals surface area contributed by atoms with E-state index in [0.717, 1.165) is 41.0 Å². The standard InChI is InChI=1S/C14H18BrN3O2S/c1-2-16-13-9-7-10(15)12(8-11(9)17-14(13)19)18-3-5-21(20)6-4-18/h7-8,13,16H,2-6H2,1H3,(H,17,19). The highest BCUT2D eigenvalue weighted by molar-refractivity contribution is 9.10. The molecule has 0 saturated carbocycles. The Labute approximate surface area is 135 Å². The number of nitrogens with zero attached hydrogens (tertiary/aromatic N) is 1. The van der Waals surface area contributed by atoms with E-state index >= 15 is 0 Å². The molecule has 0 radical (unpaired) electrons. The Kier molecular flexibility index (Phi) is 4.33. The lowest BCUT2D eigenvalue weighted by molar-refractivity contribution is -0.117. The van der Waals surface area contributed by atoms with Gasteiger partial charge in [-0.05, 0) is 34.6 Å². The van der Waals surface area contributed by atoms with Crippen LogP contribution in [-0.2, 0) is 15.6 Å². The van der Waals surface area contributed by atoms with Crippen molar-refractivity contribution in [3.8, 4) is 0 Å². The molecule has 0 aromatic heterocycles. The molecule has 1 fully saturated rings. The van der Waals surface area contributed by atoms with Crippen LogP contribution in [-0.4, -0.2) is 41.3 Å². The first-order valence-corrected chi connectivity index (χ1v) is 9.36. The number of likely N-dealkylation sites (N-methyl/N-ethyl adjacent to an activating group) is 1. The molecule has 5 nitrogen and oxygen atoms in total. The smallest absolute Gasteiger partial charge is 0.246 e. The molecule has 1 amide bonds. The first kappa shape index (κ1) is 15.0. The number of hydrogen-bond donors (Lipinski definition) is 2. The maximum Gasteiger partial charge on any atom is 0.246 e. The van der Waals surface area contributed by atoms with Gasteiger partial charge in [0, 0.05) is 51.1 Å². The van der Waals surface area contributed by atoms with Crippen LogP contribution in [0.4, 0.5) is 11.4 Å². The van der Waals surface area contributed by atoms with E-state index in [0.29, 0.717) is 11.5 Å². The topological polar surface area (TPSA) is 61.4 Å². The molecule has 114 valence electrons.